The fourth-order valence-electron chi connectivity index (χ4n) is 5.71. The van der Waals surface area contributed by atoms with Gasteiger partial charge in [-0.25, -0.2) is 4.98 Å². The summed E-state index contributed by atoms with van der Waals surface area (Å²) in [6, 6.07) is 11.7. The lowest BCUT2D eigenvalue weighted by Crippen LogP contribution is -2.44. The second kappa shape index (κ2) is 8.47. The zero-order chi connectivity index (χ0) is 24.3. The molecule has 1 aromatic heterocycles. The van der Waals surface area contributed by atoms with E-state index in [1.54, 1.807) is 0 Å². The number of carbonyl (C=O) groups is 2. The van der Waals surface area contributed by atoms with Crippen LogP contribution in [-0.4, -0.2) is 45.1 Å². The van der Waals surface area contributed by atoms with E-state index in [4.69, 9.17) is 0 Å². The van der Waals surface area contributed by atoms with E-state index < -0.39 is 0 Å². The van der Waals surface area contributed by atoms with Gasteiger partial charge in [0.2, 0.25) is 5.91 Å². The lowest BCUT2D eigenvalue weighted by molar-refractivity contribution is -0.138. The predicted octanol–water partition coefficient (Wildman–Crippen LogP) is 4.85. The van der Waals surface area contributed by atoms with E-state index in [9.17, 15) is 9.59 Å². The molecule has 0 bridgehead atoms. The molecule has 2 saturated carbocycles. The number of pyridine rings is 1. The van der Waals surface area contributed by atoms with E-state index in [0.717, 1.165) is 52.0 Å². The van der Waals surface area contributed by atoms with Gasteiger partial charge in [0.05, 0.1) is 30.3 Å². The van der Waals surface area contributed by atoms with Crippen molar-refractivity contribution in [3.63, 3.8) is 0 Å². The first-order chi connectivity index (χ1) is 16.8. The lowest BCUT2D eigenvalue weighted by Gasteiger charge is -2.27. The molecule has 2 aliphatic heterocycles. The maximum Gasteiger partial charge on any atom is 0.227 e. The van der Waals surface area contributed by atoms with Crippen LogP contribution >= 0.6 is 15.9 Å². The average molecular weight is 533 g/mol. The van der Waals surface area contributed by atoms with Gasteiger partial charge in [0.1, 0.15) is 4.60 Å². The third-order valence-corrected chi connectivity index (χ3v) is 8.56. The molecule has 3 fully saturated rings. The number of ketones is 1. The van der Waals surface area contributed by atoms with E-state index in [0.29, 0.717) is 12.3 Å². The molecule has 3 atom stereocenters. The summed E-state index contributed by atoms with van der Waals surface area (Å²) in [5.41, 5.74) is 6.02. The number of benzene rings is 1. The van der Waals surface area contributed by atoms with Gasteiger partial charge in [0.25, 0.3) is 0 Å². The summed E-state index contributed by atoms with van der Waals surface area (Å²) < 4.78 is 0.724. The van der Waals surface area contributed by atoms with E-state index in [1.807, 2.05) is 42.2 Å². The number of aromatic nitrogens is 1. The van der Waals surface area contributed by atoms with Gasteiger partial charge in [-0.05, 0) is 88.7 Å². The Morgan fingerprint density at radius 2 is 1.94 bits per heavy atom. The quantitative estimate of drug-likeness (QED) is 0.478. The lowest BCUT2D eigenvalue weighted by atomic mass is 9.96. The third kappa shape index (κ3) is 4.39. The maximum atomic E-state index is 13.6. The van der Waals surface area contributed by atoms with Crippen molar-refractivity contribution in [3.8, 4) is 0 Å². The Kier molecular flexibility index (Phi) is 5.51. The number of rotatable bonds is 7. The molecule has 0 unspecified atom stereocenters. The number of nitrogens with zero attached hydrogens (tertiary/aromatic N) is 4. The normalized spacial score (nSPS) is 26.9. The Labute approximate surface area is 214 Å². The van der Waals surface area contributed by atoms with E-state index >= 15 is 0 Å². The minimum atomic E-state index is -0.372. The number of Topliss-reactive ketones (excluding diaryl/α,β-unsaturated/α-hetero) is 1. The van der Waals surface area contributed by atoms with Crippen LogP contribution in [0.2, 0.25) is 0 Å². The van der Waals surface area contributed by atoms with Crippen LogP contribution in [0, 0.1) is 18.3 Å². The standard InChI is InChI=1S/C28H29BrN4O2/c1-16-6-9-26(29)30-20(16)13-24(34)23-14-28(2)15-25(28)33(23)27(35)11-17-4-3-5-19(10-17)22-12-21(31-32-22)18-7-8-18/h3-6,9-10,18,23,25H,7-8,11-15H2,1-2H3/t23-,25+,28-/m0/s1. The van der Waals surface area contributed by atoms with Gasteiger partial charge < -0.3 is 4.90 Å². The SMILES string of the molecule is Cc1ccc(Br)nc1CC(=O)[C@@H]1C[C@@]2(C)C[C@H]2N1C(=O)Cc1cccc(C2=NN=C(C3CC3)C2)c1. The fourth-order valence-corrected chi connectivity index (χ4v) is 6.06. The molecule has 6 rings (SSSR count). The van der Waals surface area contributed by atoms with Crippen LogP contribution < -0.4 is 0 Å². The number of carbonyl (C=O) groups excluding carboxylic acids is 2. The number of likely N-dealkylation sites (tertiary alicyclic amines) is 1. The van der Waals surface area contributed by atoms with Crippen molar-refractivity contribution in [1.82, 2.24) is 9.88 Å². The van der Waals surface area contributed by atoms with Gasteiger partial charge in [-0.3, -0.25) is 9.59 Å². The summed E-state index contributed by atoms with van der Waals surface area (Å²) in [7, 11) is 0. The second-order valence-electron chi connectivity index (χ2n) is 10.9. The molecule has 180 valence electrons. The van der Waals surface area contributed by atoms with Crippen molar-refractivity contribution in [2.45, 2.75) is 70.9 Å². The molecule has 3 heterocycles. The Balaban J connectivity index is 1.17. The summed E-state index contributed by atoms with van der Waals surface area (Å²) in [5.74, 6) is 0.739. The molecule has 35 heavy (non-hydrogen) atoms. The van der Waals surface area contributed by atoms with Crippen molar-refractivity contribution in [2.75, 3.05) is 0 Å². The molecule has 0 spiro atoms. The Morgan fingerprint density at radius 3 is 2.74 bits per heavy atom. The topological polar surface area (TPSA) is 75.0 Å². The van der Waals surface area contributed by atoms with Gasteiger partial charge >= 0.3 is 0 Å². The van der Waals surface area contributed by atoms with Crippen molar-refractivity contribution in [1.29, 1.82) is 0 Å². The summed E-state index contributed by atoms with van der Waals surface area (Å²) in [6.07, 6.45) is 5.53. The monoisotopic (exact) mass is 532 g/mol. The highest BCUT2D eigenvalue weighted by Gasteiger charge is 2.64. The summed E-state index contributed by atoms with van der Waals surface area (Å²) >= 11 is 3.41. The molecule has 2 aromatic rings. The number of fused-ring (bicyclic) bond motifs is 1. The largest absolute Gasteiger partial charge is 0.329 e. The van der Waals surface area contributed by atoms with Crippen molar-refractivity contribution < 1.29 is 9.59 Å². The molecule has 0 N–H and O–H groups in total. The van der Waals surface area contributed by atoms with Gasteiger partial charge in [-0.15, -0.1) is 0 Å². The van der Waals surface area contributed by atoms with Crippen molar-refractivity contribution in [3.05, 3.63) is 63.4 Å². The van der Waals surface area contributed by atoms with Crippen molar-refractivity contribution >= 4 is 39.0 Å². The number of piperidine rings is 1. The van der Waals surface area contributed by atoms with Crippen LogP contribution in [0.25, 0.3) is 0 Å². The Bertz CT molecular complexity index is 1300. The first kappa shape index (κ1) is 22.8. The minimum absolute atomic E-state index is 0.0360. The number of halogens is 1. The molecule has 0 radical (unpaired) electrons. The Hall–Kier alpha value is -2.67. The zero-order valence-corrected chi connectivity index (χ0v) is 21.7. The molecular weight excluding hydrogens is 504 g/mol. The molecule has 4 aliphatic rings. The fraction of sp³-hybridized carbons (Fsp3) is 0.464. The number of amides is 1. The average Bonchev–Trinajstić information content (AvgIpc) is 3.71. The van der Waals surface area contributed by atoms with E-state index in [-0.39, 0.29) is 35.6 Å². The van der Waals surface area contributed by atoms with Gasteiger partial charge in [-0.2, -0.15) is 10.2 Å². The summed E-state index contributed by atoms with van der Waals surface area (Å²) in [5, 5.41) is 8.81. The molecule has 1 amide bonds. The zero-order valence-electron chi connectivity index (χ0n) is 20.1. The highest BCUT2D eigenvalue weighted by molar-refractivity contribution is 9.10. The van der Waals surface area contributed by atoms with Crippen LogP contribution in [0.1, 0.15) is 61.4 Å². The maximum absolute atomic E-state index is 13.6. The Morgan fingerprint density at radius 1 is 1.11 bits per heavy atom. The van der Waals surface area contributed by atoms with E-state index in [2.05, 4.69) is 44.1 Å². The molecule has 6 nitrogen and oxygen atoms in total. The van der Waals surface area contributed by atoms with Gasteiger partial charge in [0, 0.05) is 18.2 Å². The minimum Gasteiger partial charge on any atom is -0.329 e. The highest BCUT2D eigenvalue weighted by atomic mass is 79.9. The second-order valence-corrected chi connectivity index (χ2v) is 11.7. The van der Waals surface area contributed by atoms with Crippen LogP contribution in [0.15, 0.2) is 51.2 Å². The molecule has 1 saturated heterocycles. The predicted molar refractivity (Wildman–Crippen MR) is 139 cm³/mol. The summed E-state index contributed by atoms with van der Waals surface area (Å²) in [4.78, 5) is 33.4. The highest BCUT2D eigenvalue weighted by Crippen LogP contribution is 2.59. The van der Waals surface area contributed by atoms with Gasteiger partial charge in [-0.1, -0.05) is 31.2 Å². The van der Waals surface area contributed by atoms with Crippen molar-refractivity contribution in [2.24, 2.45) is 21.5 Å². The first-order valence-electron chi connectivity index (χ1n) is 12.5. The number of aryl methyl sites for hydroxylation is 1. The number of hydrogen-bond acceptors (Lipinski definition) is 5. The van der Waals surface area contributed by atoms with Crippen LogP contribution in [0.3, 0.4) is 0 Å². The molecule has 1 aromatic carbocycles. The molecular formula is C28H29BrN4O2. The smallest absolute Gasteiger partial charge is 0.227 e. The van der Waals surface area contributed by atoms with Gasteiger partial charge in [0.15, 0.2) is 5.78 Å². The van der Waals surface area contributed by atoms with Crippen LogP contribution in [0.4, 0.5) is 0 Å². The molecule has 7 heteroatoms. The third-order valence-electron chi connectivity index (χ3n) is 8.12. The van der Waals surface area contributed by atoms with E-state index in [1.165, 1.54) is 18.6 Å². The first-order valence-corrected chi connectivity index (χ1v) is 13.3. The number of hydrogen-bond donors (Lipinski definition) is 0. The molecule has 2 aliphatic carbocycles. The van der Waals surface area contributed by atoms with Crippen LogP contribution in [0.5, 0.6) is 0 Å². The van der Waals surface area contributed by atoms with Crippen LogP contribution in [-0.2, 0) is 22.4 Å². The summed E-state index contributed by atoms with van der Waals surface area (Å²) in [6.45, 7) is 4.17.